The van der Waals surface area contributed by atoms with Gasteiger partial charge in [-0.15, -0.1) is 0 Å². The molecule has 0 aliphatic carbocycles. The number of aryl methyl sites for hydroxylation is 1. The molecule has 1 unspecified atom stereocenters. The molecule has 0 spiro atoms. The van der Waals surface area contributed by atoms with E-state index in [1.807, 2.05) is 24.3 Å². The van der Waals surface area contributed by atoms with E-state index in [0.29, 0.717) is 16.7 Å². The van der Waals surface area contributed by atoms with Crippen LogP contribution in [0, 0.1) is 0 Å². The van der Waals surface area contributed by atoms with Crippen molar-refractivity contribution in [1.82, 2.24) is 9.80 Å². The fraction of sp³-hybridized carbons (Fsp3) is 0.294. The molecule has 0 radical (unpaired) electrons. The number of urea groups is 1. The van der Waals surface area contributed by atoms with Crippen LogP contribution in [0.25, 0.3) is 0 Å². The van der Waals surface area contributed by atoms with Crippen molar-refractivity contribution in [3.8, 4) is 5.06 Å². The molecule has 9 nitrogen and oxygen atoms in total. The standard InChI is InChI=1S/C17H16N6O3S/c1-4-9-5-7-10(8-6-9)19-20-13-15(25)27-16-18-12-11(23(13)16)14(24)22(3)17(26)21(12)2/h5-8,11H,4H2,1-3H3/p+1. The molecule has 1 fully saturated rings. The summed E-state index contributed by atoms with van der Waals surface area (Å²) in [4.78, 5) is 31.5. The lowest BCUT2D eigenvalue weighted by molar-refractivity contribution is -0.661. The van der Waals surface area contributed by atoms with Gasteiger partial charge in [-0.2, -0.15) is 4.57 Å². The number of carbonyl (C=O) groups excluding carboxylic acids is 2. The van der Waals surface area contributed by atoms with E-state index in [9.17, 15) is 14.7 Å². The molecule has 3 amide bonds. The molecular weight excluding hydrogens is 368 g/mol. The monoisotopic (exact) mass is 385 g/mol. The topological polar surface area (TPSA) is 102 Å². The fourth-order valence-corrected chi connectivity index (χ4v) is 3.87. The van der Waals surface area contributed by atoms with Crippen molar-refractivity contribution in [1.29, 1.82) is 0 Å². The highest BCUT2D eigenvalue weighted by Gasteiger charge is 2.53. The number of likely N-dealkylation sites (N-methyl/N-ethyl adjacent to an activating group) is 2. The van der Waals surface area contributed by atoms with Gasteiger partial charge in [-0.1, -0.05) is 29.2 Å². The molecular formula is C17H17N6O3S+. The van der Waals surface area contributed by atoms with Crippen molar-refractivity contribution < 1.29 is 19.3 Å². The lowest BCUT2D eigenvalue weighted by atomic mass is 10.2. The summed E-state index contributed by atoms with van der Waals surface area (Å²) in [5.41, 5.74) is 1.81. The number of hydrogen-bond donors (Lipinski definition) is 1. The number of rotatable bonds is 3. The molecule has 1 aromatic heterocycles. The van der Waals surface area contributed by atoms with Crippen LogP contribution in [0.1, 0.15) is 18.5 Å². The largest absolute Gasteiger partial charge is 0.495 e. The minimum absolute atomic E-state index is 0.0864. The van der Waals surface area contributed by atoms with E-state index in [-0.39, 0.29) is 10.9 Å². The van der Waals surface area contributed by atoms with Crippen LogP contribution < -0.4 is 4.57 Å². The predicted octanol–water partition coefficient (Wildman–Crippen LogP) is 2.83. The number of hydrogen-bond acceptors (Lipinski definition) is 7. The Hall–Kier alpha value is -3.14. The van der Waals surface area contributed by atoms with Crippen molar-refractivity contribution in [2.24, 2.45) is 15.2 Å². The average molecular weight is 385 g/mol. The molecule has 0 bridgehead atoms. The van der Waals surface area contributed by atoms with Gasteiger partial charge in [0, 0.05) is 19.2 Å². The van der Waals surface area contributed by atoms with Gasteiger partial charge in [0.2, 0.25) is 11.9 Å². The van der Waals surface area contributed by atoms with Crippen molar-refractivity contribution in [2.75, 3.05) is 14.1 Å². The maximum atomic E-state index is 12.7. The summed E-state index contributed by atoms with van der Waals surface area (Å²) in [6, 6.07) is 6.30. The maximum Gasteiger partial charge on any atom is 0.343 e. The summed E-state index contributed by atoms with van der Waals surface area (Å²) in [6.07, 6.45) is 0.926. The molecule has 2 aromatic rings. The average Bonchev–Trinajstić information content (AvgIpc) is 3.18. The number of fused-ring (bicyclic) bond motifs is 3. The highest BCUT2D eigenvalue weighted by atomic mass is 32.1. The van der Waals surface area contributed by atoms with Crippen molar-refractivity contribution in [3.05, 3.63) is 29.8 Å². The normalized spacial score (nSPS) is 18.9. The van der Waals surface area contributed by atoms with Gasteiger partial charge in [0.15, 0.2) is 0 Å². The molecule has 138 valence electrons. The Kier molecular flexibility index (Phi) is 3.99. The highest BCUT2D eigenvalue weighted by molar-refractivity contribution is 7.17. The van der Waals surface area contributed by atoms with Crippen LogP contribution in [-0.2, 0) is 11.2 Å². The van der Waals surface area contributed by atoms with E-state index in [1.165, 1.54) is 22.1 Å². The Bertz CT molecular complexity index is 1010. The van der Waals surface area contributed by atoms with Crippen LogP contribution in [0.5, 0.6) is 5.06 Å². The van der Waals surface area contributed by atoms with E-state index in [0.717, 1.165) is 22.7 Å². The second-order valence-corrected chi connectivity index (χ2v) is 7.17. The van der Waals surface area contributed by atoms with Crippen LogP contribution in [-0.4, -0.2) is 46.8 Å². The third-order valence-corrected chi connectivity index (χ3v) is 5.46. The van der Waals surface area contributed by atoms with Gasteiger partial charge in [0.05, 0.1) is 0 Å². The number of nitrogens with zero attached hydrogens (tertiary/aromatic N) is 6. The Morgan fingerprint density at radius 2 is 1.89 bits per heavy atom. The van der Waals surface area contributed by atoms with E-state index in [4.69, 9.17) is 0 Å². The van der Waals surface area contributed by atoms with Crippen LogP contribution in [0.3, 0.4) is 0 Å². The maximum absolute atomic E-state index is 12.7. The zero-order valence-electron chi connectivity index (χ0n) is 14.9. The molecule has 10 heteroatoms. The number of aromatic hydroxyl groups is 1. The molecule has 27 heavy (non-hydrogen) atoms. The number of benzene rings is 1. The summed E-state index contributed by atoms with van der Waals surface area (Å²) in [5.74, 6) is 0.0306. The molecule has 4 rings (SSSR count). The number of azo groups is 1. The number of amides is 3. The minimum Gasteiger partial charge on any atom is -0.495 e. The summed E-state index contributed by atoms with van der Waals surface area (Å²) < 4.78 is 1.51. The third kappa shape index (κ3) is 2.60. The zero-order chi connectivity index (χ0) is 19.3. The van der Waals surface area contributed by atoms with Gasteiger partial charge < -0.3 is 5.11 Å². The van der Waals surface area contributed by atoms with E-state index in [1.54, 1.807) is 7.05 Å². The molecule has 2 aliphatic rings. The van der Waals surface area contributed by atoms with E-state index < -0.39 is 18.0 Å². The quantitative estimate of drug-likeness (QED) is 0.649. The third-order valence-electron chi connectivity index (χ3n) is 4.61. The van der Waals surface area contributed by atoms with Crippen molar-refractivity contribution >= 4 is 45.7 Å². The number of aromatic nitrogens is 1. The number of imide groups is 1. The zero-order valence-corrected chi connectivity index (χ0v) is 15.8. The number of aliphatic imine (C=N–C) groups is 1. The Morgan fingerprint density at radius 1 is 1.19 bits per heavy atom. The van der Waals surface area contributed by atoms with Crippen molar-refractivity contribution in [2.45, 2.75) is 19.4 Å². The van der Waals surface area contributed by atoms with Gasteiger partial charge in [0.25, 0.3) is 11.0 Å². The minimum atomic E-state index is -0.846. The van der Waals surface area contributed by atoms with Gasteiger partial charge in [-0.3, -0.25) is 14.6 Å². The first kappa shape index (κ1) is 17.3. The predicted molar refractivity (Wildman–Crippen MR) is 98.2 cm³/mol. The number of amidine groups is 1. The lowest BCUT2D eigenvalue weighted by Crippen LogP contribution is -2.61. The lowest BCUT2D eigenvalue weighted by Gasteiger charge is -2.30. The summed E-state index contributed by atoms with van der Waals surface area (Å²) in [6.45, 7) is 2.07. The number of carbonyl (C=O) groups is 2. The first-order chi connectivity index (χ1) is 12.9. The smallest absolute Gasteiger partial charge is 0.343 e. The Morgan fingerprint density at radius 3 is 2.56 bits per heavy atom. The molecule has 0 saturated carbocycles. The van der Waals surface area contributed by atoms with Gasteiger partial charge in [0.1, 0.15) is 5.69 Å². The highest BCUT2D eigenvalue weighted by Crippen LogP contribution is 2.42. The molecule has 1 atom stereocenters. The molecule has 2 aliphatic heterocycles. The molecule has 1 saturated heterocycles. The second kappa shape index (κ2) is 6.23. The Labute approximate surface area is 158 Å². The van der Waals surface area contributed by atoms with Gasteiger partial charge >= 0.3 is 17.0 Å². The Balaban J connectivity index is 1.72. The molecule has 1 N–H and O–H groups in total. The second-order valence-electron chi connectivity index (χ2n) is 6.21. The summed E-state index contributed by atoms with van der Waals surface area (Å²) >= 11 is 0.986. The molecule has 3 heterocycles. The van der Waals surface area contributed by atoms with Crippen molar-refractivity contribution in [3.63, 3.8) is 0 Å². The van der Waals surface area contributed by atoms with Gasteiger partial charge in [-0.25, -0.2) is 4.79 Å². The summed E-state index contributed by atoms with van der Waals surface area (Å²) in [7, 11) is 2.98. The molecule has 1 aromatic carbocycles. The van der Waals surface area contributed by atoms with E-state index >= 15 is 0 Å². The summed E-state index contributed by atoms with van der Waals surface area (Å²) in [5, 5.41) is 18.9. The first-order valence-corrected chi connectivity index (χ1v) is 9.15. The van der Waals surface area contributed by atoms with Gasteiger partial charge in [-0.05, 0) is 35.5 Å². The van der Waals surface area contributed by atoms with E-state index in [2.05, 4.69) is 22.1 Å². The van der Waals surface area contributed by atoms with Crippen LogP contribution in [0.15, 0.2) is 39.5 Å². The fourth-order valence-electron chi connectivity index (χ4n) is 3.03. The SMILES string of the molecule is CCc1ccc(N=Nc2c(O)sc3[n+]2C2C(=O)N(C)C(=O)N(C)C2=N3)cc1. The first-order valence-electron chi connectivity index (χ1n) is 8.34. The number of thiazole rings is 1. The van der Waals surface area contributed by atoms with Crippen LogP contribution in [0.2, 0.25) is 0 Å². The van der Waals surface area contributed by atoms with Crippen LogP contribution in [0.4, 0.5) is 21.4 Å². The van der Waals surface area contributed by atoms with Crippen LogP contribution >= 0.6 is 11.3 Å².